The van der Waals surface area contributed by atoms with Crippen LogP contribution in [-0.2, 0) is 17.1 Å². The first-order valence-electron chi connectivity index (χ1n) is 4.52. The second kappa shape index (κ2) is 4.96. The molecule has 1 atom stereocenters. The van der Waals surface area contributed by atoms with Gasteiger partial charge in [-0.2, -0.15) is 0 Å². The molecule has 1 N–H and O–H groups in total. The molecule has 15 heavy (non-hydrogen) atoms. The highest BCUT2D eigenvalue weighted by molar-refractivity contribution is 7.89. The highest BCUT2D eigenvalue weighted by Gasteiger charge is 2.19. The van der Waals surface area contributed by atoms with Gasteiger partial charge >= 0.3 is 0 Å². The molecule has 0 bridgehead atoms. The molecule has 0 spiro atoms. The van der Waals surface area contributed by atoms with E-state index in [1.165, 1.54) is 12.5 Å². The molecule has 7 heteroatoms. The van der Waals surface area contributed by atoms with E-state index in [4.69, 9.17) is 11.6 Å². The highest BCUT2D eigenvalue weighted by atomic mass is 35.5. The van der Waals surface area contributed by atoms with Gasteiger partial charge in [0, 0.05) is 25.2 Å². The average Bonchev–Trinajstić information content (AvgIpc) is 2.51. The second-order valence-corrected chi connectivity index (χ2v) is 5.42. The van der Waals surface area contributed by atoms with Crippen LogP contribution in [0.15, 0.2) is 17.6 Å². The maximum absolute atomic E-state index is 11.7. The van der Waals surface area contributed by atoms with Crippen LogP contribution < -0.4 is 4.72 Å². The lowest BCUT2D eigenvalue weighted by atomic mass is 10.3. The summed E-state index contributed by atoms with van der Waals surface area (Å²) in [5, 5.41) is 0.0337. The molecule has 1 aromatic heterocycles. The first-order chi connectivity index (χ1) is 6.95. The summed E-state index contributed by atoms with van der Waals surface area (Å²) >= 11 is 5.52. The minimum absolute atomic E-state index is 0.0337. The minimum atomic E-state index is -3.50. The normalized spacial score (nSPS) is 14.1. The van der Waals surface area contributed by atoms with Gasteiger partial charge in [0.25, 0.3) is 10.0 Å². The van der Waals surface area contributed by atoms with Crippen LogP contribution in [0, 0.1) is 0 Å². The number of aryl methyl sites for hydroxylation is 1. The third-order valence-electron chi connectivity index (χ3n) is 1.85. The molecule has 0 amide bonds. The first-order valence-corrected chi connectivity index (χ1v) is 6.53. The number of nitrogens with zero attached hydrogens (tertiary/aromatic N) is 2. The van der Waals surface area contributed by atoms with Crippen molar-refractivity contribution in [2.24, 2.45) is 7.05 Å². The number of alkyl halides is 1. The van der Waals surface area contributed by atoms with Gasteiger partial charge < -0.3 is 4.57 Å². The van der Waals surface area contributed by atoms with Crippen LogP contribution in [0.5, 0.6) is 0 Å². The molecule has 1 unspecified atom stereocenters. The summed E-state index contributed by atoms with van der Waals surface area (Å²) in [5.74, 6) is 0.423. The molecule has 5 nitrogen and oxygen atoms in total. The third-order valence-corrected chi connectivity index (χ3v) is 3.55. The van der Waals surface area contributed by atoms with Gasteiger partial charge in [-0.25, -0.2) is 18.1 Å². The molecule has 1 heterocycles. The van der Waals surface area contributed by atoms with Crippen LogP contribution >= 0.6 is 11.6 Å². The smallest absolute Gasteiger partial charge is 0.259 e. The molecular weight excluding hydrogens is 238 g/mol. The lowest BCUT2D eigenvalue weighted by molar-refractivity contribution is 0.553. The van der Waals surface area contributed by atoms with Crippen molar-refractivity contribution in [1.82, 2.24) is 14.3 Å². The summed E-state index contributed by atoms with van der Waals surface area (Å²) in [6.07, 6.45) is 3.49. The Hall–Kier alpha value is -0.590. The van der Waals surface area contributed by atoms with E-state index in [-0.39, 0.29) is 11.1 Å². The standard InChI is InChI=1S/C8H14ClN3O2S/c1-7(3-4-9)11-15(13,14)8-5-12(2)6-10-8/h5-7,11H,3-4H2,1-2H3. The molecule has 1 aromatic rings. The molecule has 0 aliphatic rings. The molecule has 0 aromatic carbocycles. The van der Waals surface area contributed by atoms with Gasteiger partial charge in [0.1, 0.15) is 0 Å². The van der Waals surface area contributed by atoms with Crippen molar-refractivity contribution in [3.8, 4) is 0 Å². The summed E-state index contributed by atoms with van der Waals surface area (Å²) in [4.78, 5) is 3.78. The van der Waals surface area contributed by atoms with Crippen molar-refractivity contribution in [1.29, 1.82) is 0 Å². The second-order valence-electron chi connectivity index (χ2n) is 3.38. The molecule has 86 valence electrons. The molecule has 0 saturated carbocycles. The van der Waals surface area contributed by atoms with E-state index < -0.39 is 10.0 Å². The number of imidazole rings is 1. The number of aromatic nitrogens is 2. The Morgan fingerprint density at radius 2 is 2.33 bits per heavy atom. The Morgan fingerprint density at radius 1 is 1.67 bits per heavy atom. The van der Waals surface area contributed by atoms with Crippen LogP contribution in [0.2, 0.25) is 0 Å². The fraction of sp³-hybridized carbons (Fsp3) is 0.625. The maximum atomic E-state index is 11.7. The number of halogens is 1. The van der Waals surface area contributed by atoms with E-state index in [0.29, 0.717) is 12.3 Å². The third kappa shape index (κ3) is 3.48. The van der Waals surface area contributed by atoms with Gasteiger partial charge in [-0.1, -0.05) is 0 Å². The Morgan fingerprint density at radius 3 is 2.80 bits per heavy atom. The number of nitrogens with one attached hydrogen (secondary N) is 1. The van der Waals surface area contributed by atoms with Crippen LogP contribution in [0.4, 0.5) is 0 Å². The highest BCUT2D eigenvalue weighted by Crippen LogP contribution is 2.06. The van der Waals surface area contributed by atoms with Crippen LogP contribution in [0.3, 0.4) is 0 Å². The first kappa shape index (κ1) is 12.5. The largest absolute Gasteiger partial charge is 0.339 e. The van der Waals surface area contributed by atoms with E-state index in [9.17, 15) is 8.42 Å². The van der Waals surface area contributed by atoms with Crippen LogP contribution in [0.25, 0.3) is 0 Å². The molecule has 0 fully saturated rings. The molecule has 0 aliphatic heterocycles. The van der Waals surface area contributed by atoms with E-state index in [1.54, 1.807) is 18.5 Å². The van der Waals surface area contributed by atoms with Gasteiger partial charge in [0.05, 0.1) is 6.33 Å². The SMILES string of the molecule is CC(CCCl)NS(=O)(=O)c1cn(C)cn1. The Balaban J connectivity index is 2.76. The van der Waals surface area contributed by atoms with Crippen LogP contribution in [0.1, 0.15) is 13.3 Å². The fourth-order valence-corrected chi connectivity index (χ4v) is 2.66. The Labute approximate surface area is 94.5 Å². The lowest BCUT2D eigenvalue weighted by Gasteiger charge is -2.10. The summed E-state index contributed by atoms with van der Waals surface area (Å²) < 4.78 is 27.5. The lowest BCUT2D eigenvalue weighted by Crippen LogP contribution is -2.33. The number of sulfonamides is 1. The van der Waals surface area contributed by atoms with Crippen LogP contribution in [-0.4, -0.2) is 29.9 Å². The van der Waals surface area contributed by atoms with Gasteiger partial charge in [0.2, 0.25) is 0 Å². The minimum Gasteiger partial charge on any atom is -0.339 e. The summed E-state index contributed by atoms with van der Waals surface area (Å²) in [5.41, 5.74) is 0. The van der Waals surface area contributed by atoms with Crippen molar-refractivity contribution in [3.63, 3.8) is 0 Å². The molecule has 0 aliphatic carbocycles. The predicted molar refractivity (Wildman–Crippen MR) is 58.3 cm³/mol. The molecule has 0 saturated heterocycles. The van der Waals surface area contributed by atoms with E-state index in [1.807, 2.05) is 0 Å². The predicted octanol–water partition coefficient (Wildman–Crippen LogP) is 0.716. The van der Waals surface area contributed by atoms with Gasteiger partial charge in [0.15, 0.2) is 5.03 Å². The monoisotopic (exact) mass is 251 g/mol. The van der Waals surface area contributed by atoms with Crippen molar-refractivity contribution in [2.45, 2.75) is 24.4 Å². The fourth-order valence-electron chi connectivity index (χ4n) is 1.08. The summed E-state index contributed by atoms with van der Waals surface area (Å²) in [6.45, 7) is 1.77. The van der Waals surface area contributed by atoms with E-state index in [2.05, 4.69) is 9.71 Å². The number of rotatable bonds is 5. The van der Waals surface area contributed by atoms with Crippen molar-refractivity contribution >= 4 is 21.6 Å². The van der Waals surface area contributed by atoms with E-state index >= 15 is 0 Å². The zero-order valence-electron chi connectivity index (χ0n) is 8.64. The average molecular weight is 252 g/mol. The Bertz CT molecular complexity index is 415. The zero-order chi connectivity index (χ0) is 11.5. The number of hydrogen-bond acceptors (Lipinski definition) is 3. The zero-order valence-corrected chi connectivity index (χ0v) is 10.2. The maximum Gasteiger partial charge on any atom is 0.259 e. The van der Waals surface area contributed by atoms with E-state index in [0.717, 1.165) is 0 Å². The molecule has 1 rings (SSSR count). The van der Waals surface area contributed by atoms with Crippen molar-refractivity contribution in [2.75, 3.05) is 5.88 Å². The summed E-state index contributed by atoms with van der Waals surface area (Å²) in [7, 11) is -1.78. The Kier molecular flexibility index (Phi) is 4.12. The quantitative estimate of drug-likeness (QED) is 0.785. The topological polar surface area (TPSA) is 64.0 Å². The van der Waals surface area contributed by atoms with Gasteiger partial charge in [-0.15, -0.1) is 11.6 Å². The van der Waals surface area contributed by atoms with Gasteiger partial charge in [-0.05, 0) is 13.3 Å². The van der Waals surface area contributed by atoms with Gasteiger partial charge in [-0.3, -0.25) is 0 Å². The molecular formula is C8H14ClN3O2S. The van der Waals surface area contributed by atoms with Crippen molar-refractivity contribution in [3.05, 3.63) is 12.5 Å². The van der Waals surface area contributed by atoms with Crippen molar-refractivity contribution < 1.29 is 8.42 Å². The number of hydrogen-bond donors (Lipinski definition) is 1. The molecule has 0 radical (unpaired) electrons. The summed E-state index contributed by atoms with van der Waals surface area (Å²) in [6, 6.07) is -0.186.